The van der Waals surface area contributed by atoms with E-state index in [1.165, 1.54) is 0 Å². The summed E-state index contributed by atoms with van der Waals surface area (Å²) in [4.78, 5) is 26.7. The van der Waals surface area contributed by atoms with Gasteiger partial charge in [-0.25, -0.2) is 0 Å². The fourth-order valence-corrected chi connectivity index (χ4v) is 3.61. The second-order valence-corrected chi connectivity index (χ2v) is 6.94. The summed E-state index contributed by atoms with van der Waals surface area (Å²) in [5.41, 5.74) is 6.18. The predicted molar refractivity (Wildman–Crippen MR) is 97.6 cm³/mol. The molecule has 2 fully saturated rings. The Balaban J connectivity index is 0.00000208. The van der Waals surface area contributed by atoms with Gasteiger partial charge in [-0.15, -0.1) is 12.4 Å². The SMILES string of the molecule is Cl.NC1(C(=O)NC2CCN(c3cccc(Cl)c3)C2=O)CCCCC1. The Kier molecular flexibility index (Phi) is 6.12. The van der Waals surface area contributed by atoms with Gasteiger partial charge in [0.15, 0.2) is 0 Å². The number of benzene rings is 1. The molecule has 7 heteroatoms. The lowest BCUT2D eigenvalue weighted by Gasteiger charge is -2.32. The number of halogens is 2. The monoisotopic (exact) mass is 371 g/mol. The highest BCUT2D eigenvalue weighted by molar-refractivity contribution is 6.31. The average molecular weight is 372 g/mol. The molecule has 1 saturated heterocycles. The van der Waals surface area contributed by atoms with Gasteiger partial charge in [0.1, 0.15) is 6.04 Å². The molecule has 3 rings (SSSR count). The highest BCUT2D eigenvalue weighted by Crippen LogP contribution is 2.28. The van der Waals surface area contributed by atoms with Crippen molar-refractivity contribution in [2.45, 2.75) is 50.1 Å². The van der Waals surface area contributed by atoms with Crippen LogP contribution < -0.4 is 16.0 Å². The maximum atomic E-state index is 12.6. The van der Waals surface area contributed by atoms with E-state index in [1.807, 2.05) is 12.1 Å². The lowest BCUT2D eigenvalue weighted by molar-refractivity contribution is -0.131. The van der Waals surface area contributed by atoms with Crippen molar-refractivity contribution in [1.82, 2.24) is 5.32 Å². The van der Waals surface area contributed by atoms with Crippen LogP contribution in [0.4, 0.5) is 5.69 Å². The van der Waals surface area contributed by atoms with Crippen molar-refractivity contribution in [3.63, 3.8) is 0 Å². The number of nitrogens with two attached hydrogens (primary N) is 1. The first kappa shape index (κ1) is 19.0. The summed E-state index contributed by atoms with van der Waals surface area (Å²) in [6.45, 7) is 0.571. The van der Waals surface area contributed by atoms with Gasteiger partial charge in [-0.05, 0) is 37.5 Å². The Morgan fingerprint density at radius 2 is 2.00 bits per heavy atom. The fraction of sp³-hybridized carbons (Fsp3) is 0.529. The largest absolute Gasteiger partial charge is 0.343 e. The van der Waals surface area contributed by atoms with Crippen LogP contribution in [0, 0.1) is 0 Å². The number of carbonyl (C=O) groups is 2. The summed E-state index contributed by atoms with van der Waals surface area (Å²) in [5, 5.41) is 3.45. The average Bonchev–Trinajstić information content (AvgIpc) is 2.89. The number of hydrogen-bond donors (Lipinski definition) is 2. The Labute approximate surface area is 153 Å². The fourth-order valence-electron chi connectivity index (χ4n) is 3.43. The zero-order valence-electron chi connectivity index (χ0n) is 13.5. The van der Waals surface area contributed by atoms with Gasteiger partial charge in [0.05, 0.1) is 5.54 Å². The summed E-state index contributed by atoms with van der Waals surface area (Å²) < 4.78 is 0. The molecule has 1 heterocycles. The van der Waals surface area contributed by atoms with Gasteiger partial charge >= 0.3 is 0 Å². The third-order valence-electron chi connectivity index (χ3n) is 4.83. The molecule has 2 aliphatic rings. The normalized spacial score (nSPS) is 22.8. The topological polar surface area (TPSA) is 75.4 Å². The van der Waals surface area contributed by atoms with Crippen molar-refractivity contribution in [2.75, 3.05) is 11.4 Å². The van der Waals surface area contributed by atoms with Crippen molar-refractivity contribution >= 4 is 41.5 Å². The molecular formula is C17H23Cl2N3O2. The summed E-state index contributed by atoms with van der Waals surface area (Å²) in [7, 11) is 0. The third-order valence-corrected chi connectivity index (χ3v) is 5.06. The number of carbonyl (C=O) groups excluding carboxylic acids is 2. The molecule has 1 aromatic carbocycles. The van der Waals surface area contributed by atoms with Crippen LogP contribution in [0.15, 0.2) is 24.3 Å². The summed E-state index contributed by atoms with van der Waals surface area (Å²) >= 11 is 5.99. The van der Waals surface area contributed by atoms with E-state index in [0.717, 1.165) is 24.9 Å². The molecule has 1 saturated carbocycles. The first-order valence-electron chi connectivity index (χ1n) is 8.16. The second-order valence-electron chi connectivity index (χ2n) is 6.50. The van der Waals surface area contributed by atoms with Crippen molar-refractivity contribution in [1.29, 1.82) is 0 Å². The highest BCUT2D eigenvalue weighted by Gasteiger charge is 2.40. The molecule has 132 valence electrons. The molecule has 1 atom stereocenters. The van der Waals surface area contributed by atoms with Crippen molar-refractivity contribution in [3.8, 4) is 0 Å². The predicted octanol–water partition coefficient (Wildman–Crippen LogP) is 2.64. The van der Waals surface area contributed by atoms with Gasteiger partial charge in [0.25, 0.3) is 0 Å². The Bertz CT molecular complexity index is 618. The molecule has 5 nitrogen and oxygen atoms in total. The van der Waals surface area contributed by atoms with Crippen molar-refractivity contribution < 1.29 is 9.59 Å². The van der Waals surface area contributed by atoms with E-state index in [1.54, 1.807) is 17.0 Å². The zero-order valence-corrected chi connectivity index (χ0v) is 15.0. The molecule has 0 radical (unpaired) electrons. The number of amides is 2. The molecule has 1 aliphatic heterocycles. The second kappa shape index (κ2) is 7.72. The van der Waals surface area contributed by atoms with E-state index < -0.39 is 11.6 Å². The molecule has 3 N–H and O–H groups in total. The van der Waals surface area contributed by atoms with E-state index in [9.17, 15) is 9.59 Å². The van der Waals surface area contributed by atoms with Gasteiger partial charge in [-0.2, -0.15) is 0 Å². The standard InChI is InChI=1S/C17H22ClN3O2.ClH/c18-12-5-4-6-13(11-12)21-10-7-14(15(21)22)20-16(23)17(19)8-2-1-3-9-17;/h4-6,11,14H,1-3,7-10,19H2,(H,20,23);1H. The third kappa shape index (κ3) is 3.85. The molecule has 0 aromatic heterocycles. The van der Waals surface area contributed by atoms with Crippen molar-refractivity contribution in [2.24, 2.45) is 5.73 Å². The van der Waals surface area contributed by atoms with E-state index in [4.69, 9.17) is 17.3 Å². The first-order chi connectivity index (χ1) is 11.0. The lowest BCUT2D eigenvalue weighted by atomic mass is 9.81. The van der Waals surface area contributed by atoms with Gasteiger partial charge < -0.3 is 16.0 Å². The molecule has 1 aliphatic carbocycles. The molecule has 1 aromatic rings. The van der Waals surface area contributed by atoms with Gasteiger partial charge in [-0.1, -0.05) is 36.9 Å². The summed E-state index contributed by atoms with van der Waals surface area (Å²) in [5.74, 6) is -0.288. The molecule has 24 heavy (non-hydrogen) atoms. The molecule has 0 spiro atoms. The van der Waals surface area contributed by atoms with Crippen molar-refractivity contribution in [3.05, 3.63) is 29.3 Å². The van der Waals surface area contributed by atoms with Gasteiger partial charge in [0, 0.05) is 17.3 Å². The first-order valence-corrected chi connectivity index (χ1v) is 8.54. The quantitative estimate of drug-likeness (QED) is 0.857. The number of hydrogen-bond acceptors (Lipinski definition) is 3. The van der Waals surface area contributed by atoms with Gasteiger partial charge in [-0.3, -0.25) is 9.59 Å². The van der Waals surface area contributed by atoms with E-state index in [2.05, 4.69) is 5.32 Å². The minimum Gasteiger partial charge on any atom is -0.343 e. The van der Waals surface area contributed by atoms with Crippen LogP contribution in [0.2, 0.25) is 5.02 Å². The van der Waals surface area contributed by atoms with Crippen LogP contribution in [0.25, 0.3) is 0 Å². The molecule has 0 bridgehead atoms. The molecule has 2 amide bonds. The number of nitrogens with one attached hydrogen (secondary N) is 1. The maximum absolute atomic E-state index is 12.6. The van der Waals surface area contributed by atoms with Crippen LogP contribution in [0.5, 0.6) is 0 Å². The maximum Gasteiger partial charge on any atom is 0.249 e. The number of nitrogens with zero attached hydrogens (tertiary/aromatic N) is 1. The summed E-state index contributed by atoms with van der Waals surface area (Å²) in [6.07, 6.45) is 5.04. The number of rotatable bonds is 3. The van der Waals surface area contributed by atoms with Crippen LogP contribution in [-0.4, -0.2) is 29.9 Å². The van der Waals surface area contributed by atoms with Gasteiger partial charge in [0.2, 0.25) is 11.8 Å². The molecular weight excluding hydrogens is 349 g/mol. The Hall–Kier alpha value is -1.30. The van der Waals surface area contributed by atoms with Crippen LogP contribution in [0.1, 0.15) is 38.5 Å². The lowest BCUT2D eigenvalue weighted by Crippen LogP contribution is -2.58. The molecule has 1 unspecified atom stereocenters. The van der Waals surface area contributed by atoms with E-state index >= 15 is 0 Å². The van der Waals surface area contributed by atoms with E-state index in [-0.39, 0.29) is 24.2 Å². The highest BCUT2D eigenvalue weighted by atomic mass is 35.5. The van der Waals surface area contributed by atoms with Crippen LogP contribution >= 0.6 is 24.0 Å². The van der Waals surface area contributed by atoms with E-state index in [0.29, 0.717) is 30.8 Å². The zero-order chi connectivity index (χ0) is 16.4. The minimum atomic E-state index is -0.817. The summed E-state index contributed by atoms with van der Waals surface area (Å²) in [6, 6.07) is 6.69. The van der Waals surface area contributed by atoms with Crippen LogP contribution in [-0.2, 0) is 9.59 Å². The smallest absolute Gasteiger partial charge is 0.249 e. The minimum absolute atomic E-state index is 0. The number of anilines is 1. The Morgan fingerprint density at radius 1 is 1.29 bits per heavy atom. The Morgan fingerprint density at radius 3 is 2.67 bits per heavy atom. The van der Waals surface area contributed by atoms with Crippen LogP contribution in [0.3, 0.4) is 0 Å².